The molecule has 0 amide bonds. The van der Waals surface area contributed by atoms with Crippen LogP contribution >= 0.6 is 0 Å². The third-order valence-electron chi connectivity index (χ3n) is 6.27. The average Bonchev–Trinajstić information content (AvgIpc) is 3.28. The van der Waals surface area contributed by atoms with E-state index in [1.165, 1.54) is 93.4 Å². The average molecular weight is 466 g/mol. The number of aromatic amines is 1. The van der Waals surface area contributed by atoms with Crippen molar-refractivity contribution in [3.63, 3.8) is 0 Å². The fourth-order valence-corrected chi connectivity index (χ4v) is 4.34. The van der Waals surface area contributed by atoms with Gasteiger partial charge in [0.1, 0.15) is 19.5 Å². The van der Waals surface area contributed by atoms with Crippen LogP contribution in [-0.2, 0) is 12.8 Å². The highest BCUT2D eigenvalue weighted by Gasteiger charge is 2.13. The van der Waals surface area contributed by atoms with Crippen LogP contribution < -0.4 is 0 Å². The minimum atomic E-state index is -0.252. The van der Waals surface area contributed by atoms with Gasteiger partial charge in [0.2, 0.25) is 0 Å². The molecular formula is C29H41BF2N2. The Hall–Kier alpha value is -2.43. The van der Waals surface area contributed by atoms with Gasteiger partial charge in [0.25, 0.3) is 0 Å². The maximum atomic E-state index is 13.2. The van der Waals surface area contributed by atoms with Crippen LogP contribution in [0, 0.1) is 11.6 Å². The lowest BCUT2D eigenvalue weighted by Crippen LogP contribution is -2.01. The van der Waals surface area contributed by atoms with E-state index in [-0.39, 0.29) is 17.6 Å². The molecule has 0 atom stereocenters. The van der Waals surface area contributed by atoms with Crippen LogP contribution in [-0.4, -0.2) is 17.8 Å². The Balaban J connectivity index is 0.000000240. The summed E-state index contributed by atoms with van der Waals surface area (Å²) in [6, 6.07) is 13.0. The number of unbranched alkanes of at least 4 members (excludes halogenated alkanes) is 6. The number of halogens is 2. The van der Waals surface area contributed by atoms with Crippen molar-refractivity contribution in [1.29, 1.82) is 0 Å². The van der Waals surface area contributed by atoms with E-state index in [4.69, 9.17) is 0 Å². The first-order valence-electron chi connectivity index (χ1n) is 13.1. The molecule has 0 aliphatic rings. The predicted molar refractivity (Wildman–Crippen MR) is 142 cm³/mol. The molecule has 0 aliphatic heterocycles. The second-order valence-electron chi connectivity index (χ2n) is 9.02. The monoisotopic (exact) mass is 466 g/mol. The van der Waals surface area contributed by atoms with Gasteiger partial charge in [0, 0.05) is 11.6 Å². The number of rotatable bonds is 13. The van der Waals surface area contributed by atoms with Crippen molar-refractivity contribution in [2.75, 3.05) is 0 Å². The molecule has 3 aromatic rings. The SMILES string of the molecule is BCC(c1cccc(F)c1)c1cccc(F)c1.CCCCCCc1nc[nH]c1CCCCCC. The van der Waals surface area contributed by atoms with E-state index in [0.29, 0.717) is 0 Å². The summed E-state index contributed by atoms with van der Waals surface area (Å²) in [5, 5.41) is 0. The van der Waals surface area contributed by atoms with E-state index in [0.717, 1.165) is 23.9 Å². The van der Waals surface area contributed by atoms with Crippen LogP contribution in [0.5, 0.6) is 0 Å². The Labute approximate surface area is 206 Å². The molecule has 0 saturated carbocycles. The molecule has 3 rings (SSSR count). The van der Waals surface area contributed by atoms with Gasteiger partial charge in [-0.05, 0) is 61.1 Å². The summed E-state index contributed by atoms with van der Waals surface area (Å²) in [5.74, 6) is -0.462. The van der Waals surface area contributed by atoms with Crippen molar-refractivity contribution in [3.05, 3.63) is 89.0 Å². The molecule has 1 heterocycles. The molecule has 5 heteroatoms. The summed E-state index contributed by atoms with van der Waals surface area (Å²) in [6.07, 6.45) is 15.7. The molecule has 2 nitrogen and oxygen atoms in total. The second-order valence-corrected chi connectivity index (χ2v) is 9.02. The van der Waals surface area contributed by atoms with Crippen molar-refractivity contribution in [1.82, 2.24) is 9.97 Å². The molecule has 2 aromatic carbocycles. The summed E-state index contributed by atoms with van der Waals surface area (Å²) in [6.45, 7) is 4.52. The third-order valence-corrected chi connectivity index (χ3v) is 6.27. The van der Waals surface area contributed by atoms with Crippen molar-refractivity contribution in [2.24, 2.45) is 0 Å². The number of hydrogen-bond acceptors (Lipinski definition) is 1. The smallest absolute Gasteiger partial charge is 0.123 e. The summed E-state index contributed by atoms with van der Waals surface area (Å²) in [7, 11) is 2.01. The first kappa shape index (κ1) is 27.8. The zero-order valence-corrected chi connectivity index (χ0v) is 21.3. The number of aromatic nitrogens is 2. The number of aryl methyl sites for hydroxylation is 2. The number of nitrogens with one attached hydrogen (secondary N) is 1. The fraction of sp³-hybridized carbons (Fsp3) is 0.483. The molecule has 34 heavy (non-hydrogen) atoms. The summed E-state index contributed by atoms with van der Waals surface area (Å²) >= 11 is 0. The van der Waals surface area contributed by atoms with E-state index < -0.39 is 0 Å². The van der Waals surface area contributed by atoms with Gasteiger partial charge < -0.3 is 4.98 Å². The van der Waals surface area contributed by atoms with Gasteiger partial charge in [0.15, 0.2) is 0 Å². The Morgan fingerprint density at radius 1 is 0.794 bits per heavy atom. The summed E-state index contributed by atoms with van der Waals surface area (Å²) < 4.78 is 26.4. The normalized spacial score (nSPS) is 10.9. The van der Waals surface area contributed by atoms with E-state index >= 15 is 0 Å². The number of nitrogens with zero attached hydrogens (tertiary/aromatic N) is 1. The highest BCUT2D eigenvalue weighted by Crippen LogP contribution is 2.28. The standard InChI is InChI=1S/C15H28N2.C14H13BF2/c1-3-5-7-9-11-14-15(17-13-16-14)12-10-8-6-4-2;15-9-14(10-3-1-5-12(16)7-10)11-4-2-6-13(17)8-11/h13H,3-12H2,1-2H3,(H,16,17);1-8,14H,9,15H2. The molecule has 0 spiro atoms. The quantitative estimate of drug-likeness (QED) is 0.202. The summed E-state index contributed by atoms with van der Waals surface area (Å²) in [5.41, 5.74) is 4.48. The van der Waals surface area contributed by atoms with E-state index in [2.05, 4.69) is 23.8 Å². The second kappa shape index (κ2) is 16.2. The van der Waals surface area contributed by atoms with Gasteiger partial charge in [-0.25, -0.2) is 13.8 Å². The van der Waals surface area contributed by atoms with Gasteiger partial charge >= 0.3 is 0 Å². The maximum absolute atomic E-state index is 13.2. The molecule has 0 aliphatic carbocycles. The van der Waals surface area contributed by atoms with Crippen molar-refractivity contribution < 1.29 is 8.78 Å². The molecule has 0 bridgehead atoms. The summed E-state index contributed by atoms with van der Waals surface area (Å²) in [4.78, 5) is 7.77. The van der Waals surface area contributed by atoms with E-state index in [1.54, 1.807) is 12.1 Å². The number of benzene rings is 2. The Morgan fingerprint density at radius 2 is 1.35 bits per heavy atom. The number of hydrogen-bond donors (Lipinski definition) is 1. The zero-order valence-electron chi connectivity index (χ0n) is 21.3. The minimum Gasteiger partial charge on any atom is -0.348 e. The fourth-order valence-electron chi connectivity index (χ4n) is 4.34. The number of imidazole rings is 1. The van der Waals surface area contributed by atoms with Gasteiger partial charge in [-0.2, -0.15) is 0 Å². The molecule has 1 N–H and O–H groups in total. The Bertz CT molecular complexity index is 869. The highest BCUT2D eigenvalue weighted by molar-refractivity contribution is 6.09. The highest BCUT2D eigenvalue weighted by atomic mass is 19.1. The van der Waals surface area contributed by atoms with Crippen LogP contribution in [0.15, 0.2) is 54.9 Å². The molecule has 0 unspecified atom stereocenters. The third kappa shape index (κ3) is 9.83. The molecule has 184 valence electrons. The van der Waals surface area contributed by atoms with Crippen LogP contribution in [0.2, 0.25) is 6.32 Å². The van der Waals surface area contributed by atoms with Crippen molar-refractivity contribution in [3.8, 4) is 0 Å². The Kier molecular flexibility index (Phi) is 13.3. The molecule has 1 aromatic heterocycles. The topological polar surface area (TPSA) is 28.7 Å². The molecule has 0 radical (unpaired) electrons. The molecule has 0 saturated heterocycles. The lowest BCUT2D eigenvalue weighted by molar-refractivity contribution is 0.621. The van der Waals surface area contributed by atoms with Crippen LogP contribution in [0.3, 0.4) is 0 Å². The molecular weight excluding hydrogens is 425 g/mol. The lowest BCUT2D eigenvalue weighted by Gasteiger charge is -2.16. The van der Waals surface area contributed by atoms with Crippen molar-refractivity contribution >= 4 is 7.85 Å². The zero-order chi connectivity index (χ0) is 24.6. The van der Waals surface area contributed by atoms with E-state index in [1.807, 2.05) is 26.3 Å². The first-order valence-corrected chi connectivity index (χ1v) is 13.1. The number of H-pyrrole nitrogens is 1. The van der Waals surface area contributed by atoms with Crippen LogP contribution in [0.1, 0.15) is 93.6 Å². The van der Waals surface area contributed by atoms with Gasteiger partial charge in [-0.15, -0.1) is 0 Å². The minimum absolute atomic E-state index is 0.0430. The lowest BCUT2D eigenvalue weighted by atomic mass is 9.81. The maximum Gasteiger partial charge on any atom is 0.123 e. The molecule has 0 fully saturated rings. The predicted octanol–water partition coefficient (Wildman–Crippen LogP) is 7.80. The van der Waals surface area contributed by atoms with Crippen LogP contribution in [0.25, 0.3) is 0 Å². The Morgan fingerprint density at radius 3 is 1.85 bits per heavy atom. The first-order chi connectivity index (χ1) is 16.6. The van der Waals surface area contributed by atoms with Crippen LogP contribution in [0.4, 0.5) is 8.78 Å². The van der Waals surface area contributed by atoms with Gasteiger partial charge in [0.05, 0.1) is 12.0 Å². The van der Waals surface area contributed by atoms with E-state index in [9.17, 15) is 8.78 Å². The largest absolute Gasteiger partial charge is 0.348 e. The van der Waals surface area contributed by atoms with Crippen molar-refractivity contribution in [2.45, 2.75) is 90.3 Å². The van der Waals surface area contributed by atoms with Gasteiger partial charge in [-0.1, -0.05) is 83.0 Å². The van der Waals surface area contributed by atoms with Gasteiger partial charge in [-0.3, -0.25) is 0 Å².